The third-order valence-corrected chi connectivity index (χ3v) is 5.99. The Morgan fingerprint density at radius 1 is 0.590 bits per heavy atom. The lowest BCUT2D eigenvalue weighted by molar-refractivity contribution is 0.100. The summed E-state index contributed by atoms with van der Waals surface area (Å²) in [4.78, 5) is 4.81. The minimum Gasteiger partial charge on any atom is -0.487 e. The summed E-state index contributed by atoms with van der Waals surface area (Å²) in [5.41, 5.74) is 3.83. The molecule has 0 aliphatic carbocycles. The van der Waals surface area contributed by atoms with E-state index < -0.39 is 0 Å². The summed E-state index contributed by atoms with van der Waals surface area (Å²) in [7, 11) is 0. The van der Waals surface area contributed by atoms with E-state index in [4.69, 9.17) is 29.2 Å². The maximum absolute atomic E-state index is 8.78. The molecule has 0 N–H and O–H groups in total. The predicted octanol–water partition coefficient (Wildman–Crippen LogP) is 7.42. The number of aromatic nitrogens is 1. The number of benzene rings is 3. The van der Waals surface area contributed by atoms with Crippen LogP contribution < -0.4 is 14.2 Å². The minimum absolute atomic E-state index is 0.260. The van der Waals surface area contributed by atoms with Crippen LogP contribution in [0.15, 0.2) is 97.1 Å². The highest BCUT2D eigenvalue weighted by Crippen LogP contribution is 2.34. The van der Waals surface area contributed by atoms with Crippen molar-refractivity contribution in [2.24, 2.45) is 0 Å². The lowest BCUT2D eigenvalue weighted by Gasteiger charge is -2.17. The Hall–Kier alpha value is -4.34. The number of hydrogen-bond donors (Lipinski definition) is 0. The first-order chi connectivity index (χ1) is 19.3. The molecule has 0 amide bonds. The number of ether oxygens (including phenoxy) is 4. The summed E-state index contributed by atoms with van der Waals surface area (Å²) < 4.78 is 24.5. The summed E-state index contributed by atoms with van der Waals surface area (Å²) in [6.07, 6.45) is 3.15. The molecule has 39 heavy (non-hydrogen) atoms. The maximum Gasteiger partial charge on any atom is 0.257 e. The molecule has 0 atom stereocenters. The van der Waals surface area contributed by atoms with Gasteiger partial charge in [-0.3, -0.25) is 0 Å². The zero-order valence-corrected chi connectivity index (χ0v) is 22.1. The van der Waals surface area contributed by atoms with E-state index in [1.807, 2.05) is 97.1 Å². The fourth-order valence-corrected chi connectivity index (χ4v) is 3.89. The van der Waals surface area contributed by atoms with Crippen LogP contribution in [-0.4, -0.2) is 11.6 Å². The van der Waals surface area contributed by atoms with Crippen molar-refractivity contribution < 1.29 is 18.9 Å². The normalized spacial score (nSPS) is 10.5. The van der Waals surface area contributed by atoms with Crippen molar-refractivity contribution in [3.05, 3.63) is 119 Å². The molecule has 6 heteroatoms. The molecule has 0 unspecified atom stereocenters. The number of unbranched alkanes of at least 4 members (excludes halogenated alkanes) is 3. The average molecular weight is 523 g/mol. The van der Waals surface area contributed by atoms with E-state index in [1.165, 1.54) is 0 Å². The summed E-state index contributed by atoms with van der Waals surface area (Å²) in [5, 5.41) is 8.78. The Bertz CT molecular complexity index is 1290. The standard InChI is InChI=1S/C33H34N2O4/c34-20-12-1-2-13-21-37-33-32(39-25-29-18-10-5-11-19-29)22-31(38-24-28-16-8-4-9-17-28)30(35-33)26-36-23-27-14-6-3-7-15-27/h3-11,14-19,22H,1-2,12-13,21,23-26H2. The molecule has 0 fully saturated rings. The van der Waals surface area contributed by atoms with Crippen LogP contribution in [0, 0.1) is 11.3 Å². The molecule has 200 valence electrons. The largest absolute Gasteiger partial charge is 0.487 e. The Kier molecular flexibility index (Phi) is 11.2. The molecule has 0 radical (unpaired) electrons. The quantitative estimate of drug-likeness (QED) is 0.143. The van der Waals surface area contributed by atoms with E-state index in [-0.39, 0.29) is 6.61 Å². The van der Waals surface area contributed by atoms with Gasteiger partial charge in [0, 0.05) is 12.5 Å². The molecule has 4 rings (SSSR count). The molecule has 0 aliphatic heterocycles. The summed E-state index contributed by atoms with van der Waals surface area (Å²) in [6.45, 7) is 1.97. The van der Waals surface area contributed by atoms with Crippen molar-refractivity contribution in [3.8, 4) is 23.4 Å². The van der Waals surface area contributed by atoms with Gasteiger partial charge in [0.15, 0.2) is 5.75 Å². The average Bonchev–Trinajstić information content (AvgIpc) is 2.99. The monoisotopic (exact) mass is 522 g/mol. The molecule has 1 aromatic heterocycles. The number of nitrogens with zero attached hydrogens (tertiary/aromatic N) is 2. The van der Waals surface area contributed by atoms with Gasteiger partial charge in [-0.2, -0.15) is 5.26 Å². The van der Waals surface area contributed by atoms with Gasteiger partial charge >= 0.3 is 0 Å². The Morgan fingerprint density at radius 3 is 1.74 bits per heavy atom. The summed E-state index contributed by atoms with van der Waals surface area (Å²) >= 11 is 0. The molecule has 1 heterocycles. The third-order valence-electron chi connectivity index (χ3n) is 5.99. The topological polar surface area (TPSA) is 73.6 Å². The molecule has 0 saturated carbocycles. The molecular weight excluding hydrogens is 488 g/mol. The van der Waals surface area contributed by atoms with Crippen LogP contribution in [-0.2, 0) is 31.2 Å². The van der Waals surface area contributed by atoms with E-state index in [2.05, 4.69) is 6.07 Å². The van der Waals surface area contributed by atoms with Gasteiger partial charge in [-0.05, 0) is 36.0 Å². The summed E-state index contributed by atoms with van der Waals surface area (Å²) in [5.74, 6) is 1.53. The second-order valence-corrected chi connectivity index (χ2v) is 9.08. The van der Waals surface area contributed by atoms with Gasteiger partial charge in [-0.25, -0.2) is 4.98 Å². The molecule has 3 aromatic carbocycles. The minimum atomic E-state index is 0.260. The highest BCUT2D eigenvalue weighted by atomic mass is 16.5. The van der Waals surface area contributed by atoms with E-state index in [0.29, 0.717) is 55.9 Å². The fourth-order valence-electron chi connectivity index (χ4n) is 3.89. The highest BCUT2D eigenvalue weighted by molar-refractivity contribution is 5.44. The van der Waals surface area contributed by atoms with Crippen LogP contribution in [0.1, 0.15) is 48.1 Å². The van der Waals surface area contributed by atoms with Gasteiger partial charge in [0.05, 0.1) is 25.9 Å². The van der Waals surface area contributed by atoms with Gasteiger partial charge in [0.2, 0.25) is 0 Å². The van der Waals surface area contributed by atoms with Gasteiger partial charge in [-0.1, -0.05) is 91.0 Å². The van der Waals surface area contributed by atoms with Gasteiger partial charge in [-0.15, -0.1) is 0 Å². The SMILES string of the molecule is N#CCCCCCOc1nc(COCc2ccccc2)c(OCc2ccccc2)cc1OCc1ccccc1. The van der Waals surface area contributed by atoms with Crippen LogP contribution in [0.25, 0.3) is 0 Å². The van der Waals surface area contributed by atoms with Gasteiger partial charge in [0.25, 0.3) is 5.88 Å². The second-order valence-electron chi connectivity index (χ2n) is 9.08. The van der Waals surface area contributed by atoms with E-state index in [1.54, 1.807) is 0 Å². The molecule has 0 aliphatic rings. The number of hydrogen-bond acceptors (Lipinski definition) is 6. The van der Waals surface area contributed by atoms with E-state index >= 15 is 0 Å². The van der Waals surface area contributed by atoms with Gasteiger partial charge in [0.1, 0.15) is 24.7 Å². The van der Waals surface area contributed by atoms with Crippen molar-refractivity contribution >= 4 is 0 Å². The lowest BCUT2D eigenvalue weighted by Crippen LogP contribution is -2.08. The molecule has 0 bridgehead atoms. The molecular formula is C33H34N2O4. The predicted molar refractivity (Wildman–Crippen MR) is 150 cm³/mol. The van der Waals surface area contributed by atoms with Crippen LogP contribution in [0.2, 0.25) is 0 Å². The smallest absolute Gasteiger partial charge is 0.257 e. The van der Waals surface area contributed by atoms with E-state index in [0.717, 1.165) is 36.0 Å². The van der Waals surface area contributed by atoms with Crippen molar-refractivity contribution in [3.63, 3.8) is 0 Å². The third kappa shape index (κ3) is 9.48. The van der Waals surface area contributed by atoms with Crippen LogP contribution >= 0.6 is 0 Å². The highest BCUT2D eigenvalue weighted by Gasteiger charge is 2.17. The van der Waals surface area contributed by atoms with E-state index in [9.17, 15) is 0 Å². The van der Waals surface area contributed by atoms with Crippen molar-refractivity contribution in [1.29, 1.82) is 5.26 Å². The van der Waals surface area contributed by atoms with Crippen LogP contribution in [0.3, 0.4) is 0 Å². The lowest BCUT2D eigenvalue weighted by atomic mass is 10.2. The molecule has 4 aromatic rings. The Balaban J connectivity index is 1.53. The first-order valence-corrected chi connectivity index (χ1v) is 13.3. The second kappa shape index (κ2) is 15.8. The molecule has 0 spiro atoms. The number of rotatable bonds is 16. The fraction of sp³-hybridized carbons (Fsp3) is 0.273. The van der Waals surface area contributed by atoms with Gasteiger partial charge < -0.3 is 18.9 Å². The Morgan fingerprint density at radius 2 is 1.15 bits per heavy atom. The molecule has 0 saturated heterocycles. The Labute approximate surface area is 230 Å². The van der Waals surface area contributed by atoms with Crippen molar-refractivity contribution in [2.45, 2.75) is 52.1 Å². The summed E-state index contributed by atoms with van der Waals surface area (Å²) in [6, 6.07) is 34.0. The first kappa shape index (κ1) is 27.7. The van der Waals surface area contributed by atoms with Crippen molar-refractivity contribution in [1.82, 2.24) is 4.98 Å². The maximum atomic E-state index is 8.78. The van der Waals surface area contributed by atoms with Crippen LogP contribution in [0.4, 0.5) is 0 Å². The zero-order chi connectivity index (χ0) is 27.0. The number of nitriles is 1. The number of pyridine rings is 1. The first-order valence-electron chi connectivity index (χ1n) is 13.3. The molecule has 6 nitrogen and oxygen atoms in total. The van der Waals surface area contributed by atoms with Crippen LogP contribution in [0.5, 0.6) is 17.4 Å². The zero-order valence-electron chi connectivity index (χ0n) is 22.1. The van der Waals surface area contributed by atoms with Crippen molar-refractivity contribution in [2.75, 3.05) is 6.61 Å².